The molecule has 0 saturated carbocycles. The minimum atomic E-state index is -0.647. The average molecular weight is 254 g/mol. The Morgan fingerprint density at radius 1 is 1.28 bits per heavy atom. The number of carbonyl (C=O) groups is 1. The molecule has 0 unspecified atom stereocenters. The zero-order chi connectivity index (χ0) is 13.4. The van der Waals surface area contributed by atoms with Crippen molar-refractivity contribution in [2.45, 2.75) is 26.7 Å². The number of ether oxygens (including phenoxy) is 2. The van der Waals surface area contributed by atoms with Gasteiger partial charge in [-0.2, -0.15) is 0 Å². The molecule has 0 saturated heterocycles. The van der Waals surface area contributed by atoms with E-state index in [0.717, 1.165) is 18.4 Å². The van der Waals surface area contributed by atoms with Gasteiger partial charge >= 0.3 is 5.97 Å². The molecule has 0 fully saturated rings. The van der Waals surface area contributed by atoms with Crippen LogP contribution in [0.3, 0.4) is 0 Å². The van der Waals surface area contributed by atoms with E-state index in [2.05, 4.69) is 6.92 Å². The van der Waals surface area contributed by atoms with Crippen molar-refractivity contribution in [2.24, 2.45) is 0 Å². The summed E-state index contributed by atoms with van der Waals surface area (Å²) in [4.78, 5) is 11.5. The van der Waals surface area contributed by atoms with Crippen molar-refractivity contribution in [3.05, 3.63) is 35.1 Å². The van der Waals surface area contributed by atoms with Gasteiger partial charge in [-0.05, 0) is 31.0 Å². The Morgan fingerprint density at radius 3 is 2.72 bits per heavy atom. The fourth-order valence-corrected chi connectivity index (χ4v) is 1.41. The standard InChI is InChI=1S/C14H19FO3/c1-3-4-7-17-8-9-18-14(16)12-6-5-11(2)10-13(12)15/h5-6,10H,3-4,7-9H2,1-2H3. The van der Waals surface area contributed by atoms with Crippen LogP contribution in [0.15, 0.2) is 18.2 Å². The summed E-state index contributed by atoms with van der Waals surface area (Å²) in [6.45, 7) is 4.99. The van der Waals surface area contributed by atoms with Crippen LogP contribution in [-0.4, -0.2) is 25.8 Å². The van der Waals surface area contributed by atoms with Crippen molar-refractivity contribution >= 4 is 5.97 Å². The van der Waals surface area contributed by atoms with Crippen LogP contribution < -0.4 is 0 Å². The summed E-state index contributed by atoms with van der Waals surface area (Å²) in [6.07, 6.45) is 2.05. The molecule has 100 valence electrons. The minimum absolute atomic E-state index is 0.0332. The number of unbranched alkanes of at least 4 members (excludes halogenated alkanes) is 1. The summed E-state index contributed by atoms with van der Waals surface area (Å²) in [6, 6.07) is 4.43. The summed E-state index contributed by atoms with van der Waals surface area (Å²) in [5, 5.41) is 0. The highest BCUT2D eigenvalue weighted by molar-refractivity contribution is 5.89. The second kappa shape index (κ2) is 7.82. The lowest BCUT2D eigenvalue weighted by atomic mass is 10.1. The molecular formula is C14H19FO3. The maximum Gasteiger partial charge on any atom is 0.341 e. The lowest BCUT2D eigenvalue weighted by molar-refractivity contribution is 0.0309. The van der Waals surface area contributed by atoms with E-state index >= 15 is 0 Å². The third-order valence-corrected chi connectivity index (χ3v) is 2.45. The highest BCUT2D eigenvalue weighted by Crippen LogP contribution is 2.11. The molecule has 0 aliphatic heterocycles. The second-order valence-electron chi connectivity index (χ2n) is 4.09. The Hall–Kier alpha value is -1.42. The van der Waals surface area contributed by atoms with Crippen molar-refractivity contribution in [3.63, 3.8) is 0 Å². The van der Waals surface area contributed by atoms with Crippen LogP contribution in [0.25, 0.3) is 0 Å². The smallest absolute Gasteiger partial charge is 0.341 e. The van der Waals surface area contributed by atoms with Crippen molar-refractivity contribution < 1.29 is 18.7 Å². The number of rotatable bonds is 7. The summed E-state index contributed by atoms with van der Waals surface area (Å²) in [5.41, 5.74) is 0.737. The fraction of sp³-hybridized carbons (Fsp3) is 0.500. The zero-order valence-electron chi connectivity index (χ0n) is 10.9. The number of aryl methyl sites for hydroxylation is 1. The van der Waals surface area contributed by atoms with E-state index in [1.807, 2.05) is 0 Å². The number of hydrogen-bond donors (Lipinski definition) is 0. The van der Waals surface area contributed by atoms with E-state index in [0.29, 0.717) is 13.2 Å². The van der Waals surface area contributed by atoms with Crippen LogP contribution in [0, 0.1) is 12.7 Å². The Balaban J connectivity index is 2.32. The molecule has 0 heterocycles. The molecule has 0 spiro atoms. The predicted molar refractivity (Wildman–Crippen MR) is 67.1 cm³/mol. The van der Waals surface area contributed by atoms with E-state index in [4.69, 9.17) is 9.47 Å². The van der Waals surface area contributed by atoms with Gasteiger partial charge in [0.15, 0.2) is 0 Å². The van der Waals surface area contributed by atoms with Crippen LogP contribution in [0.2, 0.25) is 0 Å². The third kappa shape index (κ3) is 4.84. The lowest BCUT2D eigenvalue weighted by Gasteiger charge is -2.06. The van der Waals surface area contributed by atoms with Crippen LogP contribution >= 0.6 is 0 Å². The van der Waals surface area contributed by atoms with Crippen molar-refractivity contribution in [2.75, 3.05) is 19.8 Å². The van der Waals surface area contributed by atoms with Crippen LogP contribution in [0.4, 0.5) is 4.39 Å². The van der Waals surface area contributed by atoms with Gasteiger partial charge in [-0.3, -0.25) is 0 Å². The number of esters is 1. The van der Waals surface area contributed by atoms with Crippen molar-refractivity contribution in [1.29, 1.82) is 0 Å². The van der Waals surface area contributed by atoms with Gasteiger partial charge in [0.05, 0.1) is 12.2 Å². The first-order valence-electron chi connectivity index (χ1n) is 6.16. The Kier molecular flexibility index (Phi) is 6.36. The number of halogens is 1. The largest absolute Gasteiger partial charge is 0.460 e. The number of carbonyl (C=O) groups excluding carboxylic acids is 1. The minimum Gasteiger partial charge on any atom is -0.460 e. The van der Waals surface area contributed by atoms with E-state index in [9.17, 15) is 9.18 Å². The molecule has 1 aromatic rings. The highest BCUT2D eigenvalue weighted by Gasteiger charge is 2.12. The molecule has 18 heavy (non-hydrogen) atoms. The number of hydrogen-bond acceptors (Lipinski definition) is 3. The quantitative estimate of drug-likeness (QED) is 0.554. The normalized spacial score (nSPS) is 10.4. The molecule has 0 aliphatic carbocycles. The summed E-state index contributed by atoms with van der Waals surface area (Å²) in [5.74, 6) is -1.20. The molecule has 0 N–H and O–H groups in total. The van der Waals surface area contributed by atoms with E-state index in [1.165, 1.54) is 12.1 Å². The first kappa shape index (κ1) is 14.6. The van der Waals surface area contributed by atoms with Crippen molar-refractivity contribution in [3.8, 4) is 0 Å². The van der Waals surface area contributed by atoms with E-state index in [1.54, 1.807) is 13.0 Å². The molecule has 1 aromatic carbocycles. The maximum absolute atomic E-state index is 13.4. The van der Waals surface area contributed by atoms with Crippen LogP contribution in [0.5, 0.6) is 0 Å². The second-order valence-corrected chi connectivity index (χ2v) is 4.09. The van der Waals surface area contributed by atoms with Gasteiger partial charge in [-0.1, -0.05) is 19.4 Å². The predicted octanol–water partition coefficient (Wildman–Crippen LogP) is 3.11. The molecule has 4 heteroatoms. The molecule has 0 amide bonds. The highest BCUT2D eigenvalue weighted by atomic mass is 19.1. The van der Waals surface area contributed by atoms with Crippen molar-refractivity contribution in [1.82, 2.24) is 0 Å². The van der Waals surface area contributed by atoms with Crippen LogP contribution in [0.1, 0.15) is 35.7 Å². The van der Waals surface area contributed by atoms with Gasteiger partial charge in [-0.25, -0.2) is 9.18 Å². The van der Waals surface area contributed by atoms with Gasteiger partial charge in [0, 0.05) is 6.61 Å². The van der Waals surface area contributed by atoms with Gasteiger partial charge in [0.1, 0.15) is 12.4 Å². The Morgan fingerprint density at radius 2 is 2.06 bits per heavy atom. The summed E-state index contributed by atoms with van der Waals surface area (Å²) in [7, 11) is 0. The van der Waals surface area contributed by atoms with Gasteiger partial charge in [-0.15, -0.1) is 0 Å². The van der Waals surface area contributed by atoms with Gasteiger partial charge in [0.25, 0.3) is 0 Å². The topological polar surface area (TPSA) is 35.5 Å². The van der Waals surface area contributed by atoms with Gasteiger partial charge < -0.3 is 9.47 Å². The maximum atomic E-state index is 13.4. The first-order valence-corrected chi connectivity index (χ1v) is 6.16. The summed E-state index contributed by atoms with van der Waals surface area (Å²) < 4.78 is 23.6. The van der Waals surface area contributed by atoms with E-state index < -0.39 is 11.8 Å². The molecule has 0 aliphatic rings. The molecule has 0 atom stereocenters. The number of benzene rings is 1. The van der Waals surface area contributed by atoms with E-state index in [-0.39, 0.29) is 12.2 Å². The third-order valence-electron chi connectivity index (χ3n) is 2.45. The molecule has 0 aromatic heterocycles. The lowest BCUT2D eigenvalue weighted by Crippen LogP contribution is -2.12. The Bertz CT molecular complexity index is 391. The van der Waals surface area contributed by atoms with Crippen LogP contribution in [-0.2, 0) is 9.47 Å². The molecular weight excluding hydrogens is 235 g/mol. The summed E-state index contributed by atoms with van der Waals surface area (Å²) >= 11 is 0. The first-order chi connectivity index (χ1) is 8.65. The molecule has 0 radical (unpaired) electrons. The fourth-order valence-electron chi connectivity index (χ4n) is 1.41. The van der Waals surface area contributed by atoms with Gasteiger partial charge in [0.2, 0.25) is 0 Å². The monoisotopic (exact) mass is 254 g/mol. The SMILES string of the molecule is CCCCOCCOC(=O)c1ccc(C)cc1F. The Labute approximate surface area is 107 Å². The molecule has 3 nitrogen and oxygen atoms in total. The average Bonchev–Trinajstić information content (AvgIpc) is 2.33. The molecule has 1 rings (SSSR count). The molecule has 0 bridgehead atoms. The zero-order valence-corrected chi connectivity index (χ0v) is 10.9.